The molecule has 1 aromatic carbocycles. The summed E-state index contributed by atoms with van der Waals surface area (Å²) >= 11 is 0. The molecule has 3 rings (SSSR count). The van der Waals surface area contributed by atoms with Crippen LogP contribution in [0.15, 0.2) is 40.9 Å². The Kier molecular flexibility index (Phi) is 4.19. The van der Waals surface area contributed by atoms with Crippen LogP contribution in [0, 0.1) is 0 Å². The van der Waals surface area contributed by atoms with E-state index in [9.17, 15) is 4.79 Å². The van der Waals surface area contributed by atoms with Gasteiger partial charge in [0.2, 0.25) is 0 Å². The first-order valence-corrected chi connectivity index (χ1v) is 7.41. The molecular formula is C16H19N3O2. The molecule has 21 heavy (non-hydrogen) atoms. The van der Waals surface area contributed by atoms with E-state index in [1.807, 2.05) is 35.2 Å². The van der Waals surface area contributed by atoms with E-state index in [1.54, 1.807) is 6.07 Å². The lowest BCUT2D eigenvalue weighted by Crippen LogP contribution is -2.35. The lowest BCUT2D eigenvalue weighted by atomic mass is 10.2. The van der Waals surface area contributed by atoms with E-state index >= 15 is 0 Å². The number of benzene rings is 1. The number of hydrogen-bond donors (Lipinski definition) is 1. The van der Waals surface area contributed by atoms with Crippen molar-refractivity contribution in [2.75, 3.05) is 18.4 Å². The molecule has 0 bridgehead atoms. The molecule has 2 amide bonds. The lowest BCUT2D eigenvalue weighted by Gasteiger charge is -2.19. The number of likely N-dealkylation sites (tertiary alicyclic amines) is 1. The van der Waals surface area contributed by atoms with Gasteiger partial charge in [-0.25, -0.2) is 4.79 Å². The van der Waals surface area contributed by atoms with Crippen LogP contribution in [-0.4, -0.2) is 29.2 Å². The molecule has 1 N–H and O–H groups in total. The van der Waals surface area contributed by atoms with Gasteiger partial charge in [-0.15, -0.1) is 0 Å². The van der Waals surface area contributed by atoms with Crippen LogP contribution in [0.25, 0.3) is 11.3 Å². The fraction of sp³-hybridized carbons (Fsp3) is 0.375. The molecule has 110 valence electrons. The third-order valence-electron chi connectivity index (χ3n) is 3.70. The highest BCUT2D eigenvalue weighted by atomic mass is 16.5. The number of amides is 2. The zero-order valence-electron chi connectivity index (χ0n) is 11.9. The summed E-state index contributed by atoms with van der Waals surface area (Å²) in [7, 11) is 0. The molecule has 1 aromatic heterocycles. The monoisotopic (exact) mass is 285 g/mol. The van der Waals surface area contributed by atoms with Gasteiger partial charge in [-0.1, -0.05) is 48.3 Å². The Bertz CT molecular complexity index is 587. The van der Waals surface area contributed by atoms with Crippen LogP contribution in [0.5, 0.6) is 0 Å². The van der Waals surface area contributed by atoms with Gasteiger partial charge in [0.15, 0.2) is 11.6 Å². The molecule has 0 spiro atoms. The average Bonchev–Trinajstić information content (AvgIpc) is 2.81. The number of rotatable bonds is 2. The maximum Gasteiger partial charge on any atom is 0.323 e. The molecule has 1 aliphatic rings. The van der Waals surface area contributed by atoms with Crippen molar-refractivity contribution in [3.63, 3.8) is 0 Å². The number of carbonyl (C=O) groups is 1. The molecule has 5 nitrogen and oxygen atoms in total. The van der Waals surface area contributed by atoms with Crippen LogP contribution in [0.3, 0.4) is 0 Å². The van der Waals surface area contributed by atoms with Crippen LogP contribution in [-0.2, 0) is 0 Å². The topological polar surface area (TPSA) is 58.4 Å². The van der Waals surface area contributed by atoms with E-state index in [2.05, 4.69) is 10.5 Å². The number of aromatic nitrogens is 1. The first kappa shape index (κ1) is 13.7. The Balaban J connectivity index is 1.65. The number of urea groups is 1. The van der Waals surface area contributed by atoms with Gasteiger partial charge in [0.25, 0.3) is 0 Å². The van der Waals surface area contributed by atoms with Crippen LogP contribution in [0.1, 0.15) is 25.7 Å². The minimum Gasteiger partial charge on any atom is -0.354 e. The normalized spacial score (nSPS) is 15.5. The van der Waals surface area contributed by atoms with Crippen LogP contribution in [0.4, 0.5) is 10.6 Å². The summed E-state index contributed by atoms with van der Waals surface area (Å²) in [6.07, 6.45) is 4.54. The molecule has 0 saturated carbocycles. The first-order chi connectivity index (χ1) is 10.3. The largest absolute Gasteiger partial charge is 0.354 e. The Morgan fingerprint density at radius 2 is 1.81 bits per heavy atom. The van der Waals surface area contributed by atoms with Crippen molar-refractivity contribution >= 4 is 11.8 Å². The van der Waals surface area contributed by atoms with E-state index < -0.39 is 0 Å². The standard InChI is InChI=1S/C16H19N3O2/c20-16(19-10-6-1-2-7-11-19)17-15-12-14(21-18-15)13-8-4-3-5-9-13/h3-5,8-9,12H,1-2,6-7,10-11H2,(H,17,18,20). The van der Waals surface area contributed by atoms with Gasteiger partial charge in [-0.3, -0.25) is 5.32 Å². The van der Waals surface area contributed by atoms with Crippen molar-refractivity contribution in [1.82, 2.24) is 10.1 Å². The fourth-order valence-electron chi connectivity index (χ4n) is 2.53. The van der Waals surface area contributed by atoms with Crippen molar-refractivity contribution in [2.24, 2.45) is 0 Å². The van der Waals surface area contributed by atoms with Gasteiger partial charge in [0.05, 0.1) is 0 Å². The molecular weight excluding hydrogens is 266 g/mol. The van der Waals surface area contributed by atoms with Crippen molar-refractivity contribution in [1.29, 1.82) is 0 Å². The number of hydrogen-bond acceptors (Lipinski definition) is 3. The summed E-state index contributed by atoms with van der Waals surface area (Å²) < 4.78 is 5.28. The smallest absolute Gasteiger partial charge is 0.323 e. The molecule has 0 atom stereocenters. The highest BCUT2D eigenvalue weighted by Gasteiger charge is 2.17. The molecule has 2 heterocycles. The second-order valence-electron chi connectivity index (χ2n) is 5.27. The second kappa shape index (κ2) is 6.43. The van der Waals surface area contributed by atoms with Crippen molar-refractivity contribution in [3.05, 3.63) is 36.4 Å². The second-order valence-corrected chi connectivity index (χ2v) is 5.27. The third kappa shape index (κ3) is 3.42. The zero-order chi connectivity index (χ0) is 14.5. The van der Waals surface area contributed by atoms with Crippen molar-refractivity contribution in [2.45, 2.75) is 25.7 Å². The molecule has 1 aliphatic heterocycles. The Labute approximate surface area is 123 Å². The quantitative estimate of drug-likeness (QED) is 0.914. The lowest BCUT2D eigenvalue weighted by molar-refractivity contribution is 0.213. The summed E-state index contributed by atoms with van der Waals surface area (Å²) in [5, 5.41) is 6.73. The van der Waals surface area contributed by atoms with E-state index in [4.69, 9.17) is 4.52 Å². The highest BCUT2D eigenvalue weighted by molar-refractivity contribution is 5.88. The zero-order valence-corrected chi connectivity index (χ0v) is 11.9. The maximum atomic E-state index is 12.2. The predicted molar refractivity (Wildman–Crippen MR) is 81.0 cm³/mol. The molecule has 0 radical (unpaired) electrons. The van der Waals surface area contributed by atoms with E-state index in [0.717, 1.165) is 31.5 Å². The summed E-state index contributed by atoms with van der Waals surface area (Å²) in [4.78, 5) is 14.1. The molecule has 0 unspecified atom stereocenters. The SMILES string of the molecule is O=C(Nc1cc(-c2ccccc2)on1)N1CCCCCC1. The fourth-order valence-corrected chi connectivity index (χ4v) is 2.53. The van der Waals surface area contributed by atoms with Gasteiger partial charge >= 0.3 is 6.03 Å². The van der Waals surface area contributed by atoms with Crippen molar-refractivity contribution in [3.8, 4) is 11.3 Å². The first-order valence-electron chi connectivity index (χ1n) is 7.41. The summed E-state index contributed by atoms with van der Waals surface area (Å²) in [6, 6.07) is 11.4. The maximum absolute atomic E-state index is 12.2. The Morgan fingerprint density at radius 1 is 1.10 bits per heavy atom. The Hall–Kier alpha value is -2.30. The minimum atomic E-state index is -0.0928. The van der Waals surface area contributed by atoms with Gasteiger partial charge < -0.3 is 9.42 Å². The Morgan fingerprint density at radius 3 is 2.52 bits per heavy atom. The highest BCUT2D eigenvalue weighted by Crippen LogP contribution is 2.22. The molecule has 1 saturated heterocycles. The number of nitrogens with one attached hydrogen (secondary N) is 1. The molecule has 5 heteroatoms. The molecule has 1 fully saturated rings. The van der Waals surface area contributed by atoms with Gasteiger partial charge in [0, 0.05) is 24.7 Å². The van der Waals surface area contributed by atoms with Gasteiger partial charge in [-0.2, -0.15) is 0 Å². The number of carbonyl (C=O) groups excluding carboxylic acids is 1. The third-order valence-corrected chi connectivity index (χ3v) is 3.70. The summed E-state index contributed by atoms with van der Waals surface area (Å²) in [5.41, 5.74) is 0.945. The van der Waals surface area contributed by atoms with E-state index in [-0.39, 0.29) is 6.03 Å². The van der Waals surface area contributed by atoms with Crippen LogP contribution < -0.4 is 5.32 Å². The number of nitrogens with zero attached hydrogens (tertiary/aromatic N) is 2. The predicted octanol–water partition coefficient (Wildman–Crippen LogP) is 3.75. The summed E-state index contributed by atoms with van der Waals surface area (Å²) in [6.45, 7) is 1.63. The summed E-state index contributed by atoms with van der Waals surface area (Å²) in [5.74, 6) is 1.12. The van der Waals surface area contributed by atoms with Crippen LogP contribution >= 0.6 is 0 Å². The number of anilines is 1. The van der Waals surface area contributed by atoms with E-state index in [0.29, 0.717) is 11.6 Å². The van der Waals surface area contributed by atoms with Gasteiger partial charge in [0.1, 0.15) is 0 Å². The molecule has 2 aromatic rings. The van der Waals surface area contributed by atoms with Gasteiger partial charge in [-0.05, 0) is 12.8 Å². The molecule has 0 aliphatic carbocycles. The minimum absolute atomic E-state index is 0.0928. The van der Waals surface area contributed by atoms with Crippen molar-refractivity contribution < 1.29 is 9.32 Å². The average molecular weight is 285 g/mol. The van der Waals surface area contributed by atoms with E-state index in [1.165, 1.54) is 12.8 Å². The van der Waals surface area contributed by atoms with Crippen LogP contribution in [0.2, 0.25) is 0 Å².